The first-order valence-electron chi connectivity index (χ1n) is 7.69. The second-order valence-corrected chi connectivity index (χ2v) is 5.82. The van der Waals surface area contributed by atoms with E-state index in [1.54, 1.807) is 6.92 Å². The molecule has 4 rings (SSSR count). The van der Waals surface area contributed by atoms with Crippen molar-refractivity contribution in [2.24, 2.45) is 0 Å². The summed E-state index contributed by atoms with van der Waals surface area (Å²) in [4.78, 5) is 13.4. The molecule has 0 saturated carbocycles. The predicted molar refractivity (Wildman–Crippen MR) is 80.1 cm³/mol. The van der Waals surface area contributed by atoms with Crippen LogP contribution in [0.15, 0.2) is 22.6 Å². The Labute approximate surface area is 133 Å². The number of aromatic nitrogens is 2. The highest BCUT2D eigenvalue weighted by molar-refractivity contribution is 5.73. The normalized spacial score (nSPS) is 19.9. The number of rotatable bonds is 2. The predicted octanol–water partition coefficient (Wildman–Crippen LogP) is 2.19. The fraction of sp³-hybridized carbons (Fsp3) is 0.438. The number of carbonyl (C=O) groups is 1. The average molecular weight is 315 g/mol. The van der Waals surface area contributed by atoms with E-state index in [1.807, 2.05) is 23.1 Å². The van der Waals surface area contributed by atoms with E-state index in [1.165, 1.54) is 0 Å². The summed E-state index contributed by atoms with van der Waals surface area (Å²) >= 11 is 0. The molecule has 2 aliphatic heterocycles. The monoisotopic (exact) mass is 315 g/mol. The van der Waals surface area contributed by atoms with Gasteiger partial charge in [0, 0.05) is 25.6 Å². The minimum absolute atomic E-state index is 0.0882. The summed E-state index contributed by atoms with van der Waals surface area (Å²) in [5, 5.41) is 8.32. The van der Waals surface area contributed by atoms with Crippen LogP contribution in [0.1, 0.15) is 31.6 Å². The van der Waals surface area contributed by atoms with Gasteiger partial charge in [-0.3, -0.25) is 4.79 Å². The van der Waals surface area contributed by atoms with Gasteiger partial charge in [-0.1, -0.05) is 0 Å². The van der Waals surface area contributed by atoms with Crippen molar-refractivity contribution in [2.75, 3.05) is 19.9 Å². The van der Waals surface area contributed by atoms with Crippen LogP contribution in [0.3, 0.4) is 0 Å². The van der Waals surface area contributed by atoms with Gasteiger partial charge in [0.2, 0.25) is 24.5 Å². The highest BCUT2D eigenvalue weighted by Crippen LogP contribution is 2.36. The SMILES string of the molecule is CC(=O)N1CCC[C@@H](c2nnc(-c3ccc4c(c3)OCO4)o2)C1. The Kier molecular flexibility index (Phi) is 3.40. The zero-order valence-corrected chi connectivity index (χ0v) is 12.8. The maximum absolute atomic E-state index is 11.5. The Hall–Kier alpha value is -2.57. The van der Waals surface area contributed by atoms with Crippen LogP contribution in [0.25, 0.3) is 11.5 Å². The lowest BCUT2D eigenvalue weighted by atomic mass is 9.98. The average Bonchev–Trinajstić information content (AvgIpc) is 3.23. The van der Waals surface area contributed by atoms with Crippen LogP contribution in [-0.2, 0) is 4.79 Å². The van der Waals surface area contributed by atoms with Gasteiger partial charge in [-0.25, -0.2) is 0 Å². The molecule has 1 aromatic carbocycles. The first kappa shape index (κ1) is 14.0. The largest absolute Gasteiger partial charge is 0.454 e. The number of hydrogen-bond acceptors (Lipinski definition) is 6. The van der Waals surface area contributed by atoms with Crippen LogP contribution in [0.2, 0.25) is 0 Å². The fourth-order valence-corrected chi connectivity index (χ4v) is 3.01. The molecule has 0 spiro atoms. The first-order chi connectivity index (χ1) is 11.2. The molecule has 7 heteroatoms. The lowest BCUT2D eigenvalue weighted by Gasteiger charge is -2.30. The Morgan fingerprint density at radius 3 is 3.00 bits per heavy atom. The zero-order chi connectivity index (χ0) is 15.8. The van der Waals surface area contributed by atoms with Crippen LogP contribution in [0.5, 0.6) is 11.5 Å². The van der Waals surface area contributed by atoms with Crippen LogP contribution in [0, 0.1) is 0 Å². The zero-order valence-electron chi connectivity index (χ0n) is 12.8. The Morgan fingerprint density at radius 1 is 1.26 bits per heavy atom. The molecule has 0 aliphatic carbocycles. The van der Waals surface area contributed by atoms with Crippen molar-refractivity contribution in [3.8, 4) is 23.0 Å². The molecule has 0 bridgehead atoms. The van der Waals surface area contributed by atoms with E-state index in [9.17, 15) is 4.79 Å². The topological polar surface area (TPSA) is 77.7 Å². The van der Waals surface area contributed by atoms with E-state index >= 15 is 0 Å². The molecular weight excluding hydrogens is 298 g/mol. The number of amides is 1. The molecule has 120 valence electrons. The molecule has 23 heavy (non-hydrogen) atoms. The van der Waals surface area contributed by atoms with E-state index in [2.05, 4.69) is 10.2 Å². The standard InChI is InChI=1S/C16H17N3O4/c1-10(20)19-6-2-3-12(8-19)16-18-17-15(23-16)11-4-5-13-14(7-11)22-9-21-13/h4-5,7,12H,2-3,6,8-9H2,1H3/t12-/m1/s1. The molecule has 0 N–H and O–H groups in total. The molecule has 7 nitrogen and oxygen atoms in total. The summed E-state index contributed by atoms with van der Waals surface area (Å²) in [6.45, 7) is 3.26. The van der Waals surface area contributed by atoms with Crippen molar-refractivity contribution in [1.82, 2.24) is 15.1 Å². The minimum Gasteiger partial charge on any atom is -0.454 e. The third kappa shape index (κ3) is 2.62. The van der Waals surface area contributed by atoms with E-state index in [0.717, 1.165) is 30.7 Å². The number of piperidine rings is 1. The minimum atomic E-state index is 0.0882. The summed E-state index contributed by atoms with van der Waals surface area (Å²) in [6, 6.07) is 5.54. The van der Waals surface area contributed by atoms with Crippen molar-refractivity contribution in [1.29, 1.82) is 0 Å². The lowest BCUT2D eigenvalue weighted by molar-refractivity contribution is -0.130. The number of benzene rings is 1. The molecule has 2 aromatic rings. The smallest absolute Gasteiger partial charge is 0.247 e. The molecule has 0 unspecified atom stereocenters. The van der Waals surface area contributed by atoms with Gasteiger partial charge >= 0.3 is 0 Å². The lowest BCUT2D eigenvalue weighted by Crippen LogP contribution is -2.37. The Morgan fingerprint density at radius 2 is 2.13 bits per heavy atom. The quantitative estimate of drug-likeness (QED) is 0.845. The molecule has 2 aliphatic rings. The van der Waals surface area contributed by atoms with E-state index in [-0.39, 0.29) is 18.6 Å². The van der Waals surface area contributed by atoms with Crippen molar-refractivity contribution in [3.63, 3.8) is 0 Å². The molecule has 0 radical (unpaired) electrons. The molecule has 1 saturated heterocycles. The van der Waals surface area contributed by atoms with Gasteiger partial charge in [0.1, 0.15) is 0 Å². The van der Waals surface area contributed by atoms with Crippen molar-refractivity contribution in [2.45, 2.75) is 25.7 Å². The van der Waals surface area contributed by atoms with Gasteiger partial charge in [0.15, 0.2) is 11.5 Å². The van der Waals surface area contributed by atoms with E-state index in [4.69, 9.17) is 13.9 Å². The second kappa shape index (κ2) is 5.57. The number of ether oxygens (including phenoxy) is 2. The van der Waals surface area contributed by atoms with Gasteiger partial charge in [-0.05, 0) is 31.0 Å². The highest BCUT2D eigenvalue weighted by Gasteiger charge is 2.27. The van der Waals surface area contributed by atoms with E-state index < -0.39 is 0 Å². The van der Waals surface area contributed by atoms with E-state index in [0.29, 0.717) is 24.1 Å². The first-order valence-corrected chi connectivity index (χ1v) is 7.69. The summed E-state index contributed by atoms with van der Waals surface area (Å²) in [7, 11) is 0. The van der Waals surface area contributed by atoms with Crippen LogP contribution in [-0.4, -0.2) is 40.9 Å². The number of likely N-dealkylation sites (tertiary alicyclic amines) is 1. The van der Waals surface area contributed by atoms with Gasteiger partial charge in [-0.15, -0.1) is 10.2 Å². The molecule has 3 heterocycles. The molecule has 1 atom stereocenters. The van der Waals surface area contributed by atoms with Gasteiger partial charge in [0.05, 0.1) is 5.92 Å². The Bertz CT molecular complexity index is 743. The highest BCUT2D eigenvalue weighted by atomic mass is 16.7. The van der Waals surface area contributed by atoms with Crippen molar-refractivity contribution < 1.29 is 18.7 Å². The maximum atomic E-state index is 11.5. The molecule has 1 fully saturated rings. The van der Waals surface area contributed by atoms with Gasteiger partial charge < -0.3 is 18.8 Å². The van der Waals surface area contributed by atoms with Crippen LogP contribution >= 0.6 is 0 Å². The molecule has 1 aromatic heterocycles. The maximum Gasteiger partial charge on any atom is 0.247 e. The third-order valence-corrected chi connectivity index (χ3v) is 4.28. The van der Waals surface area contributed by atoms with Crippen molar-refractivity contribution in [3.05, 3.63) is 24.1 Å². The number of nitrogens with zero attached hydrogens (tertiary/aromatic N) is 3. The number of hydrogen-bond donors (Lipinski definition) is 0. The summed E-state index contributed by atoms with van der Waals surface area (Å²) in [5.74, 6) is 2.63. The third-order valence-electron chi connectivity index (χ3n) is 4.28. The molecular formula is C16H17N3O4. The van der Waals surface area contributed by atoms with Crippen LogP contribution in [0.4, 0.5) is 0 Å². The summed E-state index contributed by atoms with van der Waals surface area (Å²) < 4.78 is 16.5. The van der Waals surface area contributed by atoms with Gasteiger partial charge in [-0.2, -0.15) is 0 Å². The summed E-state index contributed by atoms with van der Waals surface area (Å²) in [5.41, 5.74) is 0.798. The Balaban J connectivity index is 1.56. The number of fused-ring (bicyclic) bond motifs is 1. The second-order valence-electron chi connectivity index (χ2n) is 5.82. The van der Waals surface area contributed by atoms with Crippen LogP contribution < -0.4 is 9.47 Å². The number of carbonyl (C=O) groups excluding carboxylic acids is 1. The fourth-order valence-electron chi connectivity index (χ4n) is 3.01. The van der Waals surface area contributed by atoms with Gasteiger partial charge in [0.25, 0.3) is 0 Å². The van der Waals surface area contributed by atoms with Crippen molar-refractivity contribution >= 4 is 5.91 Å². The molecule has 1 amide bonds. The summed E-state index contributed by atoms with van der Waals surface area (Å²) in [6.07, 6.45) is 1.90.